The van der Waals surface area contributed by atoms with Crippen molar-refractivity contribution in [1.29, 1.82) is 0 Å². The van der Waals surface area contributed by atoms with Crippen LogP contribution in [0, 0.1) is 0 Å². The van der Waals surface area contributed by atoms with Gasteiger partial charge in [-0.15, -0.1) is 0 Å². The lowest BCUT2D eigenvalue weighted by molar-refractivity contribution is -0.307. The van der Waals surface area contributed by atoms with Gasteiger partial charge in [0.1, 0.15) is 24.4 Å². The summed E-state index contributed by atoms with van der Waals surface area (Å²) in [4.78, 5) is 0. The molecule has 140 valence electrons. The molecule has 1 aliphatic heterocycles. The number of hydrogen-bond acceptors (Lipinski definition) is 6. The van der Waals surface area contributed by atoms with E-state index in [1.165, 1.54) is 0 Å². The van der Waals surface area contributed by atoms with E-state index < -0.39 is 37.3 Å². The maximum absolute atomic E-state index is 10.5. The van der Waals surface area contributed by atoms with Crippen LogP contribution in [-0.4, -0.2) is 52.6 Å². The van der Waals surface area contributed by atoms with Crippen LogP contribution in [0.3, 0.4) is 0 Å². The second kappa shape index (κ2) is 9.23. The van der Waals surface area contributed by atoms with Crippen LogP contribution in [0.1, 0.15) is 11.1 Å². The number of aliphatic hydroxyl groups is 3. The Morgan fingerprint density at radius 2 is 1.27 bits per heavy atom. The lowest BCUT2D eigenvalue weighted by Gasteiger charge is -2.42. The Bertz CT molecular complexity index is 650. The molecule has 0 aliphatic carbocycles. The number of rotatable bonds is 7. The normalized spacial score (nSPS) is 28.8. The smallest absolute Gasteiger partial charge is 0.184 e. The zero-order valence-electron chi connectivity index (χ0n) is 14.3. The number of hydrogen-bond donors (Lipinski definition) is 3. The highest BCUT2D eigenvalue weighted by Crippen LogP contribution is 2.26. The largest absolute Gasteiger partial charge is 0.394 e. The maximum atomic E-state index is 10.5. The van der Waals surface area contributed by atoms with Crippen LogP contribution in [0.15, 0.2) is 60.7 Å². The lowest BCUT2D eigenvalue weighted by Crippen LogP contribution is -2.60. The molecule has 0 spiro atoms. The molecule has 2 aromatic rings. The molecular formula is C20H24O6. The minimum absolute atomic E-state index is 0.244. The summed E-state index contributed by atoms with van der Waals surface area (Å²) in [7, 11) is 0. The summed E-state index contributed by atoms with van der Waals surface area (Å²) >= 11 is 0. The van der Waals surface area contributed by atoms with E-state index in [0.29, 0.717) is 0 Å². The topological polar surface area (TPSA) is 88.4 Å². The van der Waals surface area contributed by atoms with Crippen LogP contribution >= 0.6 is 0 Å². The van der Waals surface area contributed by atoms with Gasteiger partial charge in [-0.1, -0.05) is 60.7 Å². The fourth-order valence-electron chi connectivity index (χ4n) is 2.96. The van der Waals surface area contributed by atoms with Gasteiger partial charge >= 0.3 is 0 Å². The monoisotopic (exact) mass is 360 g/mol. The average Bonchev–Trinajstić information content (AvgIpc) is 2.69. The summed E-state index contributed by atoms with van der Waals surface area (Å²) in [5.74, 6) is 0. The predicted molar refractivity (Wildman–Crippen MR) is 94.0 cm³/mol. The number of benzene rings is 2. The van der Waals surface area contributed by atoms with Crippen molar-refractivity contribution in [3.8, 4) is 0 Å². The molecule has 2 unspecified atom stereocenters. The van der Waals surface area contributed by atoms with Crippen LogP contribution in [0.2, 0.25) is 0 Å². The van der Waals surface area contributed by atoms with E-state index in [1.807, 2.05) is 60.7 Å². The van der Waals surface area contributed by atoms with Crippen molar-refractivity contribution in [1.82, 2.24) is 0 Å². The molecule has 1 saturated heterocycles. The minimum Gasteiger partial charge on any atom is -0.394 e. The van der Waals surface area contributed by atoms with Crippen molar-refractivity contribution in [3.05, 3.63) is 71.8 Å². The maximum Gasteiger partial charge on any atom is 0.184 e. The fraction of sp³-hybridized carbons (Fsp3) is 0.400. The van der Waals surface area contributed by atoms with Crippen molar-refractivity contribution in [2.24, 2.45) is 0 Å². The molecule has 0 aromatic heterocycles. The SMILES string of the molecule is OCC1O[C@H](O)C(OCc2ccccc2)[C@H](OCc2ccccc2)[C@@H]1O. The molecule has 6 nitrogen and oxygen atoms in total. The molecule has 0 amide bonds. The van der Waals surface area contributed by atoms with Crippen molar-refractivity contribution < 1.29 is 29.5 Å². The van der Waals surface area contributed by atoms with Gasteiger partial charge in [0.2, 0.25) is 0 Å². The Morgan fingerprint density at radius 1 is 0.769 bits per heavy atom. The molecule has 2 aromatic carbocycles. The molecule has 0 saturated carbocycles. The Labute approximate surface area is 152 Å². The van der Waals surface area contributed by atoms with Crippen LogP contribution < -0.4 is 0 Å². The molecule has 0 bridgehead atoms. The standard InChI is InChI=1S/C20H24O6/c21-11-16-17(22)18(24-12-14-7-3-1-4-8-14)19(20(23)26-16)25-13-15-9-5-2-6-10-15/h1-10,16-23H,11-13H2/t16?,17-,18-,19?,20+/m1/s1. The Morgan fingerprint density at radius 3 is 1.77 bits per heavy atom. The van der Waals surface area contributed by atoms with E-state index >= 15 is 0 Å². The third-order valence-electron chi connectivity index (χ3n) is 4.39. The number of aliphatic hydroxyl groups excluding tert-OH is 3. The highest BCUT2D eigenvalue weighted by atomic mass is 16.7. The first-order chi connectivity index (χ1) is 12.7. The van der Waals surface area contributed by atoms with Crippen LogP contribution in [0.4, 0.5) is 0 Å². The summed E-state index contributed by atoms with van der Waals surface area (Å²) in [6.45, 7) is 0.0705. The molecule has 5 atom stereocenters. The lowest BCUT2D eigenvalue weighted by atomic mass is 9.98. The van der Waals surface area contributed by atoms with Gasteiger partial charge in [0, 0.05) is 0 Å². The summed E-state index contributed by atoms with van der Waals surface area (Å²) in [5.41, 5.74) is 1.86. The van der Waals surface area contributed by atoms with E-state index in [4.69, 9.17) is 14.2 Å². The van der Waals surface area contributed by atoms with Crippen molar-refractivity contribution >= 4 is 0 Å². The molecule has 1 heterocycles. The molecule has 1 fully saturated rings. The molecule has 1 aliphatic rings. The van der Waals surface area contributed by atoms with Gasteiger partial charge in [0.05, 0.1) is 19.8 Å². The molecule has 3 rings (SSSR count). The molecule has 26 heavy (non-hydrogen) atoms. The second-order valence-corrected chi connectivity index (χ2v) is 6.26. The zero-order chi connectivity index (χ0) is 18.4. The molecular weight excluding hydrogens is 336 g/mol. The van der Waals surface area contributed by atoms with Gasteiger partial charge < -0.3 is 29.5 Å². The van der Waals surface area contributed by atoms with Crippen molar-refractivity contribution in [2.45, 2.75) is 43.9 Å². The Balaban J connectivity index is 1.69. The Kier molecular flexibility index (Phi) is 6.73. The van der Waals surface area contributed by atoms with E-state index in [9.17, 15) is 15.3 Å². The third-order valence-corrected chi connectivity index (χ3v) is 4.39. The van der Waals surface area contributed by atoms with Crippen LogP contribution in [0.5, 0.6) is 0 Å². The summed E-state index contributed by atoms with van der Waals surface area (Å²) in [6.07, 6.45) is -5.06. The van der Waals surface area contributed by atoms with Gasteiger partial charge in [-0.3, -0.25) is 0 Å². The van der Waals surface area contributed by atoms with Crippen molar-refractivity contribution in [3.63, 3.8) is 0 Å². The third kappa shape index (κ3) is 4.67. The van der Waals surface area contributed by atoms with E-state index in [2.05, 4.69) is 0 Å². The van der Waals surface area contributed by atoms with Crippen molar-refractivity contribution in [2.75, 3.05) is 6.61 Å². The first kappa shape index (κ1) is 19.0. The molecule has 3 N–H and O–H groups in total. The molecule has 6 heteroatoms. The number of ether oxygens (including phenoxy) is 3. The highest BCUT2D eigenvalue weighted by Gasteiger charge is 2.46. The average molecular weight is 360 g/mol. The quantitative estimate of drug-likeness (QED) is 0.688. The van der Waals surface area contributed by atoms with Gasteiger partial charge in [-0.25, -0.2) is 0 Å². The summed E-state index contributed by atoms with van der Waals surface area (Å²) in [5, 5.41) is 30.2. The minimum atomic E-state index is -1.31. The van der Waals surface area contributed by atoms with Gasteiger partial charge in [0.25, 0.3) is 0 Å². The van der Waals surface area contributed by atoms with Crippen LogP contribution in [-0.2, 0) is 27.4 Å². The first-order valence-corrected chi connectivity index (χ1v) is 8.62. The zero-order valence-corrected chi connectivity index (χ0v) is 14.3. The highest BCUT2D eigenvalue weighted by molar-refractivity contribution is 5.14. The van der Waals surface area contributed by atoms with E-state index in [0.717, 1.165) is 11.1 Å². The van der Waals surface area contributed by atoms with E-state index in [-0.39, 0.29) is 13.2 Å². The second-order valence-electron chi connectivity index (χ2n) is 6.26. The molecule has 0 radical (unpaired) electrons. The van der Waals surface area contributed by atoms with Gasteiger partial charge in [0.15, 0.2) is 6.29 Å². The summed E-state index contributed by atoms with van der Waals surface area (Å²) < 4.78 is 16.9. The summed E-state index contributed by atoms with van der Waals surface area (Å²) in [6, 6.07) is 19.0. The fourth-order valence-corrected chi connectivity index (χ4v) is 2.96. The van der Waals surface area contributed by atoms with E-state index in [1.54, 1.807) is 0 Å². The van der Waals surface area contributed by atoms with Gasteiger partial charge in [-0.2, -0.15) is 0 Å². The predicted octanol–water partition coefficient (Wildman–Crippen LogP) is 1.23. The van der Waals surface area contributed by atoms with Gasteiger partial charge in [-0.05, 0) is 11.1 Å². The van der Waals surface area contributed by atoms with Crippen LogP contribution in [0.25, 0.3) is 0 Å². The first-order valence-electron chi connectivity index (χ1n) is 8.62. The Hall–Kier alpha value is -1.80.